The molecule has 0 aromatic heterocycles. The Kier molecular flexibility index (Phi) is 5.37. The molecule has 0 aliphatic carbocycles. The summed E-state index contributed by atoms with van der Waals surface area (Å²) in [7, 11) is 3.56. The molecule has 1 unspecified atom stereocenters. The number of carbonyl (C=O) groups excluding carboxylic acids is 1. The number of anilines is 2. The first kappa shape index (κ1) is 15.8. The zero-order valence-electron chi connectivity index (χ0n) is 11.9. The Balaban J connectivity index is 3.01. The quantitative estimate of drug-likeness (QED) is 0.609. The number of hydrogen-bond acceptors (Lipinski definition) is 5. The highest BCUT2D eigenvalue weighted by molar-refractivity contribution is 5.98. The second-order valence-corrected chi connectivity index (χ2v) is 4.69. The maximum atomic E-state index is 12.1. The van der Waals surface area contributed by atoms with Crippen molar-refractivity contribution in [2.24, 2.45) is 0 Å². The fourth-order valence-electron chi connectivity index (χ4n) is 1.79. The smallest absolute Gasteiger partial charge is 0.345 e. The molecule has 0 fully saturated rings. The number of carbonyl (C=O) groups is 2. The van der Waals surface area contributed by atoms with Crippen molar-refractivity contribution in [2.45, 2.75) is 25.9 Å². The van der Waals surface area contributed by atoms with Gasteiger partial charge in [-0.25, -0.2) is 9.59 Å². The van der Waals surface area contributed by atoms with E-state index in [-0.39, 0.29) is 12.0 Å². The summed E-state index contributed by atoms with van der Waals surface area (Å²) in [6.45, 7) is 1.83. The molecule has 0 bridgehead atoms. The maximum absolute atomic E-state index is 12.1. The van der Waals surface area contributed by atoms with Crippen molar-refractivity contribution < 1.29 is 19.4 Å². The minimum Gasteiger partial charge on any atom is -0.479 e. The monoisotopic (exact) mass is 280 g/mol. The summed E-state index contributed by atoms with van der Waals surface area (Å²) in [5.41, 5.74) is 6.98. The SMILES string of the molecule is CCCC(OC(=O)c1cc(N)ccc1N(C)C)C(=O)O. The normalized spacial score (nSPS) is 11.8. The highest BCUT2D eigenvalue weighted by Gasteiger charge is 2.24. The van der Waals surface area contributed by atoms with Crippen molar-refractivity contribution >= 4 is 23.3 Å². The summed E-state index contributed by atoms with van der Waals surface area (Å²) in [6.07, 6.45) is -0.244. The second kappa shape index (κ2) is 6.79. The van der Waals surface area contributed by atoms with Crippen LogP contribution in [0.4, 0.5) is 11.4 Å². The Labute approximate surface area is 118 Å². The largest absolute Gasteiger partial charge is 0.479 e. The molecule has 1 atom stereocenters. The van der Waals surface area contributed by atoms with Crippen molar-refractivity contribution in [3.63, 3.8) is 0 Å². The van der Waals surface area contributed by atoms with Gasteiger partial charge in [-0.1, -0.05) is 13.3 Å². The van der Waals surface area contributed by atoms with Crippen LogP contribution in [0.2, 0.25) is 0 Å². The molecule has 1 rings (SSSR count). The third-order valence-corrected chi connectivity index (χ3v) is 2.80. The Bertz CT molecular complexity index is 500. The van der Waals surface area contributed by atoms with Gasteiger partial charge in [0, 0.05) is 19.8 Å². The van der Waals surface area contributed by atoms with E-state index in [4.69, 9.17) is 15.6 Å². The molecule has 3 N–H and O–H groups in total. The predicted molar refractivity (Wildman–Crippen MR) is 76.9 cm³/mol. The number of ether oxygens (including phenoxy) is 1. The third-order valence-electron chi connectivity index (χ3n) is 2.80. The zero-order chi connectivity index (χ0) is 15.3. The summed E-state index contributed by atoms with van der Waals surface area (Å²) in [4.78, 5) is 24.9. The lowest BCUT2D eigenvalue weighted by molar-refractivity contribution is -0.147. The minimum atomic E-state index is -1.14. The zero-order valence-corrected chi connectivity index (χ0v) is 11.9. The van der Waals surface area contributed by atoms with E-state index < -0.39 is 18.0 Å². The topological polar surface area (TPSA) is 92.9 Å². The van der Waals surface area contributed by atoms with Crippen molar-refractivity contribution in [1.29, 1.82) is 0 Å². The molecule has 6 nitrogen and oxygen atoms in total. The molecule has 0 heterocycles. The van der Waals surface area contributed by atoms with Gasteiger partial charge in [0.2, 0.25) is 0 Å². The lowest BCUT2D eigenvalue weighted by atomic mass is 10.1. The number of nitrogen functional groups attached to an aromatic ring is 1. The van der Waals surface area contributed by atoms with Crippen molar-refractivity contribution in [3.8, 4) is 0 Å². The third kappa shape index (κ3) is 3.88. The summed E-state index contributed by atoms with van der Waals surface area (Å²) in [5, 5.41) is 9.02. The molecule has 0 spiro atoms. The number of rotatable bonds is 6. The highest BCUT2D eigenvalue weighted by Crippen LogP contribution is 2.23. The van der Waals surface area contributed by atoms with Crippen LogP contribution >= 0.6 is 0 Å². The molecule has 20 heavy (non-hydrogen) atoms. The van der Waals surface area contributed by atoms with Crippen LogP contribution < -0.4 is 10.6 Å². The van der Waals surface area contributed by atoms with Gasteiger partial charge < -0.3 is 20.5 Å². The minimum absolute atomic E-state index is 0.261. The number of carboxylic acids is 1. The van der Waals surface area contributed by atoms with E-state index >= 15 is 0 Å². The molecule has 0 aliphatic rings. The van der Waals surface area contributed by atoms with Crippen LogP contribution in [-0.2, 0) is 9.53 Å². The average Bonchev–Trinajstić information content (AvgIpc) is 2.37. The van der Waals surface area contributed by atoms with Gasteiger partial charge in [0.15, 0.2) is 6.10 Å². The second-order valence-electron chi connectivity index (χ2n) is 4.69. The van der Waals surface area contributed by atoms with E-state index in [2.05, 4.69) is 0 Å². The van der Waals surface area contributed by atoms with Gasteiger partial charge in [-0.3, -0.25) is 0 Å². The predicted octanol–water partition coefficient (Wildman–Crippen LogP) is 1.74. The van der Waals surface area contributed by atoms with Gasteiger partial charge in [0.05, 0.1) is 11.3 Å². The molecule has 1 aromatic rings. The van der Waals surface area contributed by atoms with Crippen LogP contribution in [0.15, 0.2) is 18.2 Å². The first-order valence-corrected chi connectivity index (χ1v) is 6.37. The molecule has 110 valence electrons. The fourth-order valence-corrected chi connectivity index (χ4v) is 1.79. The highest BCUT2D eigenvalue weighted by atomic mass is 16.6. The summed E-state index contributed by atoms with van der Waals surface area (Å²) in [5.74, 6) is -1.82. The number of aliphatic carboxylic acids is 1. The van der Waals surface area contributed by atoms with Gasteiger partial charge in [0.1, 0.15) is 0 Å². The average molecular weight is 280 g/mol. The number of nitrogens with two attached hydrogens (primary N) is 1. The molecule has 0 amide bonds. The Hall–Kier alpha value is -2.24. The molecular formula is C14H20N2O4. The first-order chi connectivity index (χ1) is 9.36. The van der Waals surface area contributed by atoms with Crippen LogP contribution in [0.5, 0.6) is 0 Å². The molecule has 0 saturated heterocycles. The molecular weight excluding hydrogens is 260 g/mol. The Morgan fingerprint density at radius 1 is 1.40 bits per heavy atom. The number of nitrogens with zero attached hydrogens (tertiary/aromatic N) is 1. The van der Waals surface area contributed by atoms with E-state index in [9.17, 15) is 9.59 Å². The summed E-state index contributed by atoms with van der Waals surface area (Å²) >= 11 is 0. The Morgan fingerprint density at radius 2 is 2.05 bits per heavy atom. The van der Waals surface area contributed by atoms with E-state index in [1.165, 1.54) is 6.07 Å². The van der Waals surface area contributed by atoms with Crippen LogP contribution in [0, 0.1) is 0 Å². The van der Waals surface area contributed by atoms with Gasteiger partial charge >= 0.3 is 11.9 Å². The van der Waals surface area contributed by atoms with E-state index in [0.29, 0.717) is 17.8 Å². The van der Waals surface area contributed by atoms with Gasteiger partial charge in [-0.2, -0.15) is 0 Å². The molecule has 0 radical (unpaired) electrons. The fraction of sp³-hybridized carbons (Fsp3) is 0.429. The Morgan fingerprint density at radius 3 is 2.55 bits per heavy atom. The van der Waals surface area contributed by atoms with E-state index in [1.807, 2.05) is 6.92 Å². The lowest BCUT2D eigenvalue weighted by Gasteiger charge is -2.19. The summed E-state index contributed by atoms with van der Waals surface area (Å²) in [6, 6.07) is 4.86. The van der Waals surface area contributed by atoms with E-state index in [1.54, 1.807) is 31.1 Å². The molecule has 0 aliphatic heterocycles. The van der Waals surface area contributed by atoms with Crippen molar-refractivity contribution in [1.82, 2.24) is 0 Å². The molecule has 6 heteroatoms. The maximum Gasteiger partial charge on any atom is 0.345 e. The van der Waals surface area contributed by atoms with Crippen LogP contribution in [0.1, 0.15) is 30.1 Å². The first-order valence-electron chi connectivity index (χ1n) is 6.37. The number of hydrogen-bond donors (Lipinski definition) is 2. The standard InChI is InChI=1S/C14H20N2O4/c1-4-5-12(13(17)18)20-14(19)10-8-9(15)6-7-11(10)16(2)3/h6-8,12H,4-5,15H2,1-3H3,(H,17,18). The van der Waals surface area contributed by atoms with Crippen molar-refractivity contribution in [3.05, 3.63) is 23.8 Å². The van der Waals surface area contributed by atoms with Crippen LogP contribution in [-0.4, -0.2) is 37.2 Å². The van der Waals surface area contributed by atoms with Gasteiger partial charge in [-0.05, 0) is 24.6 Å². The lowest BCUT2D eigenvalue weighted by Crippen LogP contribution is -2.27. The number of carboxylic acid groups (broad SMARTS) is 1. The van der Waals surface area contributed by atoms with E-state index in [0.717, 1.165) is 0 Å². The van der Waals surface area contributed by atoms with Crippen molar-refractivity contribution in [2.75, 3.05) is 24.7 Å². The molecule has 1 aromatic carbocycles. The number of benzene rings is 1. The van der Waals surface area contributed by atoms with Gasteiger partial charge in [-0.15, -0.1) is 0 Å². The molecule has 0 saturated carbocycles. The van der Waals surface area contributed by atoms with Gasteiger partial charge in [0.25, 0.3) is 0 Å². The van der Waals surface area contributed by atoms with Crippen LogP contribution in [0.25, 0.3) is 0 Å². The number of esters is 1. The van der Waals surface area contributed by atoms with Crippen LogP contribution in [0.3, 0.4) is 0 Å². The summed E-state index contributed by atoms with van der Waals surface area (Å²) < 4.78 is 5.06.